The Morgan fingerprint density at radius 2 is 1.80 bits per heavy atom. The van der Waals surface area contributed by atoms with Crippen LogP contribution >= 0.6 is 0 Å². The Balaban J connectivity index is 2.28. The molecule has 20 heavy (non-hydrogen) atoms. The summed E-state index contributed by atoms with van der Waals surface area (Å²) in [5, 5.41) is 9.48. The molecule has 0 aliphatic carbocycles. The molecule has 4 nitrogen and oxygen atoms in total. The zero-order chi connectivity index (χ0) is 14.8. The van der Waals surface area contributed by atoms with E-state index in [1.165, 1.54) is 12.1 Å². The summed E-state index contributed by atoms with van der Waals surface area (Å²) >= 11 is 0. The van der Waals surface area contributed by atoms with Crippen molar-refractivity contribution in [2.45, 2.75) is 17.9 Å². The van der Waals surface area contributed by atoms with Gasteiger partial charge in [0.05, 0.1) is 11.0 Å². The highest BCUT2D eigenvalue weighted by molar-refractivity contribution is 7.92. The lowest BCUT2D eigenvalue weighted by Gasteiger charge is -2.10. The minimum atomic E-state index is -3.77. The van der Waals surface area contributed by atoms with Gasteiger partial charge in [-0.15, -0.1) is 0 Å². The van der Waals surface area contributed by atoms with E-state index in [9.17, 15) is 17.9 Å². The second kappa shape index (κ2) is 5.60. The van der Waals surface area contributed by atoms with Crippen molar-refractivity contribution in [2.75, 3.05) is 4.72 Å². The van der Waals surface area contributed by atoms with Gasteiger partial charge < -0.3 is 5.11 Å². The Morgan fingerprint density at radius 3 is 2.40 bits per heavy atom. The third-order valence-electron chi connectivity index (χ3n) is 2.75. The number of hydrogen-bond acceptors (Lipinski definition) is 3. The highest BCUT2D eigenvalue weighted by atomic mass is 32.2. The fraction of sp³-hybridized carbons (Fsp3) is 0.143. The van der Waals surface area contributed by atoms with E-state index in [1.54, 1.807) is 31.2 Å². The van der Waals surface area contributed by atoms with Crippen LogP contribution in [0.5, 0.6) is 0 Å². The van der Waals surface area contributed by atoms with Crippen LogP contribution in [0.4, 0.5) is 10.1 Å². The summed E-state index contributed by atoms with van der Waals surface area (Å²) in [7, 11) is -3.77. The van der Waals surface area contributed by atoms with Crippen LogP contribution in [0.1, 0.15) is 18.6 Å². The number of aliphatic hydroxyl groups is 1. The third-order valence-corrected chi connectivity index (χ3v) is 4.14. The average Bonchev–Trinajstić information content (AvgIpc) is 2.39. The van der Waals surface area contributed by atoms with Gasteiger partial charge in [-0.25, -0.2) is 12.8 Å². The zero-order valence-corrected chi connectivity index (χ0v) is 11.6. The molecule has 0 aliphatic rings. The van der Waals surface area contributed by atoms with Gasteiger partial charge in [-0.2, -0.15) is 0 Å². The van der Waals surface area contributed by atoms with Crippen LogP contribution in [-0.4, -0.2) is 13.5 Å². The fourth-order valence-electron chi connectivity index (χ4n) is 1.69. The number of aliphatic hydroxyl groups excluding tert-OH is 1. The quantitative estimate of drug-likeness (QED) is 0.911. The van der Waals surface area contributed by atoms with Gasteiger partial charge in [0, 0.05) is 5.69 Å². The van der Waals surface area contributed by atoms with Gasteiger partial charge in [0.15, 0.2) is 0 Å². The van der Waals surface area contributed by atoms with E-state index in [-0.39, 0.29) is 4.90 Å². The molecule has 0 bridgehead atoms. The first kappa shape index (κ1) is 14.5. The number of hydrogen-bond donors (Lipinski definition) is 2. The number of halogens is 1. The van der Waals surface area contributed by atoms with Gasteiger partial charge in [0.2, 0.25) is 0 Å². The molecule has 0 amide bonds. The van der Waals surface area contributed by atoms with Gasteiger partial charge in [-0.1, -0.05) is 12.1 Å². The third kappa shape index (κ3) is 3.34. The fourth-order valence-corrected chi connectivity index (χ4v) is 2.74. The maximum absolute atomic E-state index is 12.8. The van der Waals surface area contributed by atoms with Crippen molar-refractivity contribution < 1.29 is 17.9 Å². The number of rotatable bonds is 4. The van der Waals surface area contributed by atoms with Crippen molar-refractivity contribution in [1.29, 1.82) is 0 Å². The molecule has 0 aliphatic heterocycles. The smallest absolute Gasteiger partial charge is 0.261 e. The van der Waals surface area contributed by atoms with E-state index in [2.05, 4.69) is 4.72 Å². The van der Waals surface area contributed by atoms with Crippen LogP contribution < -0.4 is 4.72 Å². The highest BCUT2D eigenvalue weighted by Crippen LogP contribution is 2.20. The highest BCUT2D eigenvalue weighted by Gasteiger charge is 2.14. The summed E-state index contributed by atoms with van der Waals surface area (Å²) in [5.41, 5.74) is 0.942. The molecule has 0 spiro atoms. The average molecular weight is 295 g/mol. The molecule has 1 atom stereocenters. The Labute approximate surface area is 116 Å². The van der Waals surface area contributed by atoms with Gasteiger partial charge >= 0.3 is 0 Å². The molecule has 2 aromatic rings. The summed E-state index contributed by atoms with van der Waals surface area (Å²) in [4.78, 5) is -0.0265. The molecule has 0 fully saturated rings. The van der Waals surface area contributed by atoms with Gasteiger partial charge in [0.1, 0.15) is 5.82 Å². The summed E-state index contributed by atoms with van der Waals surface area (Å²) in [6, 6.07) is 11.0. The van der Waals surface area contributed by atoms with Gasteiger partial charge in [-0.05, 0) is 48.9 Å². The predicted octanol–water partition coefficient (Wildman–Crippen LogP) is 2.68. The number of sulfonamides is 1. The van der Waals surface area contributed by atoms with Crippen molar-refractivity contribution in [3.05, 3.63) is 59.9 Å². The molecule has 0 radical (unpaired) electrons. The second-order valence-electron chi connectivity index (χ2n) is 4.36. The van der Waals surface area contributed by atoms with Crippen LogP contribution in [-0.2, 0) is 10.0 Å². The molecule has 2 N–H and O–H groups in total. The van der Waals surface area contributed by atoms with Crippen LogP contribution in [0.25, 0.3) is 0 Å². The first-order valence-electron chi connectivity index (χ1n) is 5.95. The molecule has 0 heterocycles. The SMILES string of the molecule is C[C@H](O)c1cccc(NS(=O)(=O)c2ccc(F)cc2)c1. The maximum Gasteiger partial charge on any atom is 0.261 e. The zero-order valence-electron chi connectivity index (χ0n) is 10.7. The van der Waals surface area contributed by atoms with Gasteiger partial charge in [0.25, 0.3) is 10.0 Å². The van der Waals surface area contributed by atoms with E-state index in [4.69, 9.17) is 0 Å². The Hall–Kier alpha value is -1.92. The topological polar surface area (TPSA) is 66.4 Å². The molecule has 0 aromatic heterocycles. The van der Waals surface area contributed by atoms with Crippen LogP contribution in [0.15, 0.2) is 53.4 Å². The molecule has 0 saturated carbocycles. The van der Waals surface area contributed by atoms with Gasteiger partial charge in [-0.3, -0.25) is 4.72 Å². The van der Waals surface area contributed by atoms with Crippen LogP contribution in [0.3, 0.4) is 0 Å². The van der Waals surface area contributed by atoms with Crippen molar-refractivity contribution >= 4 is 15.7 Å². The van der Waals surface area contributed by atoms with E-state index in [0.29, 0.717) is 11.3 Å². The van der Waals surface area contributed by atoms with Crippen molar-refractivity contribution in [3.63, 3.8) is 0 Å². The van der Waals surface area contributed by atoms with E-state index in [1.807, 2.05) is 0 Å². The summed E-state index contributed by atoms with van der Waals surface area (Å²) in [5.74, 6) is -0.500. The molecule has 2 rings (SSSR count). The normalized spacial score (nSPS) is 12.9. The Bertz CT molecular complexity index is 697. The molecular formula is C14H14FNO3S. The maximum atomic E-state index is 12.8. The van der Waals surface area contributed by atoms with Crippen molar-refractivity contribution in [1.82, 2.24) is 0 Å². The molecule has 106 valence electrons. The molecule has 0 unspecified atom stereocenters. The number of anilines is 1. The lowest BCUT2D eigenvalue weighted by Crippen LogP contribution is -2.13. The Morgan fingerprint density at radius 1 is 1.15 bits per heavy atom. The second-order valence-corrected chi connectivity index (χ2v) is 6.04. The lowest BCUT2D eigenvalue weighted by atomic mass is 10.1. The largest absolute Gasteiger partial charge is 0.389 e. The predicted molar refractivity (Wildman–Crippen MR) is 74.3 cm³/mol. The summed E-state index contributed by atoms with van der Waals surface area (Å²) in [6.07, 6.45) is -0.690. The number of nitrogens with one attached hydrogen (secondary N) is 1. The monoisotopic (exact) mass is 295 g/mol. The van der Waals surface area contributed by atoms with E-state index >= 15 is 0 Å². The van der Waals surface area contributed by atoms with Crippen LogP contribution in [0.2, 0.25) is 0 Å². The summed E-state index contributed by atoms with van der Waals surface area (Å²) in [6.45, 7) is 1.59. The van der Waals surface area contributed by atoms with Crippen molar-refractivity contribution in [3.8, 4) is 0 Å². The minimum absolute atomic E-state index is 0.0265. The molecule has 2 aromatic carbocycles. The Kier molecular flexibility index (Phi) is 4.06. The first-order chi connectivity index (χ1) is 9.38. The number of benzene rings is 2. The van der Waals surface area contributed by atoms with Crippen LogP contribution in [0, 0.1) is 5.82 Å². The first-order valence-corrected chi connectivity index (χ1v) is 7.43. The van der Waals surface area contributed by atoms with Crippen molar-refractivity contribution in [2.24, 2.45) is 0 Å². The minimum Gasteiger partial charge on any atom is -0.389 e. The molecule has 0 saturated heterocycles. The van der Waals surface area contributed by atoms with E-state index in [0.717, 1.165) is 12.1 Å². The molecular weight excluding hydrogens is 281 g/mol. The molecule has 6 heteroatoms. The standard InChI is InChI=1S/C14H14FNO3S/c1-10(17)11-3-2-4-13(9-11)16-20(18,19)14-7-5-12(15)6-8-14/h2-10,16-17H,1H3/t10-/m0/s1. The van der Waals surface area contributed by atoms with E-state index < -0.39 is 21.9 Å². The lowest BCUT2D eigenvalue weighted by molar-refractivity contribution is 0.199. The summed E-state index contributed by atoms with van der Waals surface area (Å²) < 4.78 is 39.4.